The van der Waals surface area contributed by atoms with E-state index < -0.39 is 0 Å². The van der Waals surface area contributed by atoms with Crippen molar-refractivity contribution >= 4 is 5.78 Å². The van der Waals surface area contributed by atoms with Crippen LogP contribution in [0.1, 0.15) is 23.2 Å². The molecule has 1 aromatic carbocycles. The Kier molecular flexibility index (Phi) is 6.62. The molecule has 0 N–H and O–H groups in total. The molecule has 2 aliphatic rings. The number of hydrogen-bond donors (Lipinski definition) is 0. The maximum Gasteiger partial charge on any atom is 0.189 e. The summed E-state index contributed by atoms with van der Waals surface area (Å²) in [5.41, 5.74) is 1.30. The van der Waals surface area contributed by atoms with E-state index in [0.717, 1.165) is 38.6 Å². The SMILES string of the molecule is C=C(CN1CCOCC1)C(=O)c1ccc(OCCN2CCCC2)cc1. The van der Waals surface area contributed by atoms with E-state index >= 15 is 0 Å². The third-order valence-corrected chi connectivity index (χ3v) is 4.83. The highest BCUT2D eigenvalue weighted by atomic mass is 16.5. The zero-order valence-corrected chi connectivity index (χ0v) is 14.9. The van der Waals surface area contributed by atoms with Gasteiger partial charge in [-0.1, -0.05) is 6.58 Å². The van der Waals surface area contributed by atoms with Gasteiger partial charge in [-0.3, -0.25) is 14.6 Å². The highest BCUT2D eigenvalue weighted by Gasteiger charge is 2.16. The topological polar surface area (TPSA) is 42.0 Å². The van der Waals surface area contributed by atoms with Gasteiger partial charge in [-0.15, -0.1) is 0 Å². The molecule has 1 aromatic rings. The standard InChI is InChI=1S/C20H28N2O3/c1-17(16-22-10-13-24-14-11-22)20(23)18-4-6-19(7-5-18)25-15-12-21-8-2-3-9-21/h4-7H,1-3,8-16H2. The minimum atomic E-state index is 0.00936. The number of morpholine rings is 1. The Bertz CT molecular complexity index is 573. The van der Waals surface area contributed by atoms with Crippen LogP contribution in [0.2, 0.25) is 0 Å². The molecule has 0 aromatic heterocycles. The van der Waals surface area contributed by atoms with Gasteiger partial charge >= 0.3 is 0 Å². The Labute approximate surface area is 150 Å². The molecule has 2 aliphatic heterocycles. The Morgan fingerprint density at radius 2 is 1.72 bits per heavy atom. The van der Waals surface area contributed by atoms with Crippen LogP contribution in [0.5, 0.6) is 5.75 Å². The second-order valence-electron chi connectivity index (χ2n) is 6.74. The van der Waals surface area contributed by atoms with E-state index in [1.165, 1.54) is 25.9 Å². The highest BCUT2D eigenvalue weighted by Crippen LogP contribution is 2.16. The van der Waals surface area contributed by atoms with Gasteiger partial charge in [0.2, 0.25) is 0 Å². The minimum absolute atomic E-state index is 0.00936. The van der Waals surface area contributed by atoms with E-state index in [2.05, 4.69) is 16.4 Å². The summed E-state index contributed by atoms with van der Waals surface area (Å²) in [7, 11) is 0. The van der Waals surface area contributed by atoms with Gasteiger partial charge in [0, 0.05) is 37.3 Å². The smallest absolute Gasteiger partial charge is 0.189 e. The van der Waals surface area contributed by atoms with Crippen LogP contribution in [-0.4, -0.2) is 74.7 Å². The summed E-state index contributed by atoms with van der Waals surface area (Å²) < 4.78 is 11.1. The van der Waals surface area contributed by atoms with Crippen LogP contribution in [0.4, 0.5) is 0 Å². The molecule has 2 fully saturated rings. The lowest BCUT2D eigenvalue weighted by Crippen LogP contribution is -2.38. The number of ketones is 1. The largest absolute Gasteiger partial charge is 0.492 e. The molecule has 0 amide bonds. The van der Waals surface area contributed by atoms with E-state index in [9.17, 15) is 4.79 Å². The number of Topliss-reactive ketones (excluding diaryl/α,β-unsaturated/α-hetero) is 1. The number of nitrogens with zero attached hydrogens (tertiary/aromatic N) is 2. The number of hydrogen-bond acceptors (Lipinski definition) is 5. The Balaban J connectivity index is 1.45. The maximum absolute atomic E-state index is 12.5. The Morgan fingerprint density at radius 1 is 1.04 bits per heavy atom. The predicted octanol–water partition coefficient (Wildman–Crippen LogP) is 2.23. The van der Waals surface area contributed by atoms with Gasteiger partial charge < -0.3 is 9.47 Å². The van der Waals surface area contributed by atoms with Crippen molar-refractivity contribution in [2.24, 2.45) is 0 Å². The van der Waals surface area contributed by atoms with Crippen molar-refractivity contribution in [1.29, 1.82) is 0 Å². The lowest BCUT2D eigenvalue weighted by Gasteiger charge is -2.26. The molecule has 5 nitrogen and oxygen atoms in total. The first-order chi connectivity index (χ1) is 12.2. The Morgan fingerprint density at radius 3 is 2.40 bits per heavy atom. The summed E-state index contributed by atoms with van der Waals surface area (Å²) in [6.07, 6.45) is 2.59. The van der Waals surface area contributed by atoms with Crippen molar-refractivity contribution in [3.63, 3.8) is 0 Å². The fourth-order valence-corrected chi connectivity index (χ4v) is 3.31. The maximum atomic E-state index is 12.5. The predicted molar refractivity (Wildman–Crippen MR) is 98.3 cm³/mol. The zero-order valence-electron chi connectivity index (χ0n) is 14.9. The van der Waals surface area contributed by atoms with Gasteiger partial charge in [-0.25, -0.2) is 0 Å². The van der Waals surface area contributed by atoms with Crippen molar-refractivity contribution in [3.8, 4) is 5.75 Å². The first-order valence-electron chi connectivity index (χ1n) is 9.20. The molecule has 0 unspecified atom stereocenters. The Hall–Kier alpha value is -1.69. The van der Waals surface area contributed by atoms with Crippen LogP contribution in [0.3, 0.4) is 0 Å². The second-order valence-corrected chi connectivity index (χ2v) is 6.74. The van der Waals surface area contributed by atoms with Crippen molar-refractivity contribution in [2.75, 3.05) is 59.1 Å². The van der Waals surface area contributed by atoms with Crippen molar-refractivity contribution < 1.29 is 14.3 Å². The molecule has 25 heavy (non-hydrogen) atoms. The number of carbonyl (C=O) groups is 1. The number of rotatable bonds is 8. The monoisotopic (exact) mass is 344 g/mol. The second kappa shape index (κ2) is 9.13. The number of ether oxygens (including phenoxy) is 2. The quantitative estimate of drug-likeness (QED) is 0.534. The summed E-state index contributed by atoms with van der Waals surface area (Å²) in [4.78, 5) is 17.1. The summed E-state index contributed by atoms with van der Waals surface area (Å²) >= 11 is 0. The zero-order chi connectivity index (χ0) is 17.5. The first-order valence-corrected chi connectivity index (χ1v) is 9.20. The fraction of sp³-hybridized carbons (Fsp3) is 0.550. The average Bonchev–Trinajstić information content (AvgIpc) is 3.16. The third kappa shape index (κ3) is 5.39. The van der Waals surface area contributed by atoms with Gasteiger partial charge in [0.05, 0.1) is 13.2 Å². The molecule has 136 valence electrons. The van der Waals surface area contributed by atoms with Gasteiger partial charge in [0.1, 0.15) is 12.4 Å². The lowest BCUT2D eigenvalue weighted by molar-refractivity contribution is 0.0418. The van der Waals surface area contributed by atoms with Crippen LogP contribution in [0.25, 0.3) is 0 Å². The van der Waals surface area contributed by atoms with E-state index in [1.54, 1.807) is 0 Å². The molecule has 0 bridgehead atoms. The summed E-state index contributed by atoms with van der Waals surface area (Å²) in [6, 6.07) is 7.41. The van der Waals surface area contributed by atoms with Crippen LogP contribution in [-0.2, 0) is 4.74 Å². The molecular formula is C20H28N2O3. The molecule has 2 heterocycles. The minimum Gasteiger partial charge on any atom is -0.492 e. The van der Waals surface area contributed by atoms with E-state index in [0.29, 0.717) is 24.3 Å². The first kappa shape index (κ1) is 18.1. The van der Waals surface area contributed by atoms with Crippen LogP contribution in [0, 0.1) is 0 Å². The third-order valence-electron chi connectivity index (χ3n) is 4.83. The van der Waals surface area contributed by atoms with E-state index in [4.69, 9.17) is 9.47 Å². The van der Waals surface area contributed by atoms with Crippen molar-refractivity contribution in [2.45, 2.75) is 12.8 Å². The molecule has 0 aliphatic carbocycles. The van der Waals surface area contributed by atoms with Crippen LogP contribution >= 0.6 is 0 Å². The number of carbonyl (C=O) groups excluding carboxylic acids is 1. The molecule has 2 saturated heterocycles. The molecule has 3 rings (SSSR count). The highest BCUT2D eigenvalue weighted by molar-refractivity contribution is 6.08. The van der Waals surface area contributed by atoms with Gasteiger partial charge in [0.25, 0.3) is 0 Å². The lowest BCUT2D eigenvalue weighted by atomic mass is 10.0. The van der Waals surface area contributed by atoms with Crippen molar-refractivity contribution in [1.82, 2.24) is 9.80 Å². The summed E-state index contributed by atoms with van der Waals surface area (Å²) in [5, 5.41) is 0. The molecule has 0 radical (unpaired) electrons. The molecule has 5 heteroatoms. The molecular weight excluding hydrogens is 316 g/mol. The van der Waals surface area contributed by atoms with Gasteiger partial charge in [0.15, 0.2) is 5.78 Å². The molecule has 0 saturated carbocycles. The van der Waals surface area contributed by atoms with Gasteiger partial charge in [-0.05, 0) is 50.2 Å². The number of benzene rings is 1. The summed E-state index contributed by atoms with van der Waals surface area (Å²) in [6.45, 7) is 11.8. The normalized spacial score (nSPS) is 19.0. The molecule has 0 spiro atoms. The average molecular weight is 344 g/mol. The van der Waals surface area contributed by atoms with Gasteiger partial charge in [-0.2, -0.15) is 0 Å². The summed E-state index contributed by atoms with van der Waals surface area (Å²) in [5.74, 6) is 0.824. The molecule has 0 atom stereocenters. The van der Waals surface area contributed by atoms with Crippen LogP contribution < -0.4 is 4.74 Å². The van der Waals surface area contributed by atoms with Crippen molar-refractivity contribution in [3.05, 3.63) is 42.0 Å². The van der Waals surface area contributed by atoms with E-state index in [-0.39, 0.29) is 5.78 Å². The van der Waals surface area contributed by atoms with E-state index in [1.807, 2.05) is 24.3 Å². The van der Waals surface area contributed by atoms with Crippen LogP contribution in [0.15, 0.2) is 36.4 Å². The fourth-order valence-electron chi connectivity index (χ4n) is 3.31. The number of likely N-dealkylation sites (tertiary alicyclic amines) is 1.